The molecule has 1 amide bonds. The van der Waals surface area contributed by atoms with Crippen LogP contribution in [-0.4, -0.2) is 12.5 Å². The van der Waals surface area contributed by atoms with Crippen LogP contribution in [0.1, 0.15) is 5.56 Å². The molecule has 0 saturated carbocycles. The molecule has 0 atom stereocenters. The van der Waals surface area contributed by atoms with Crippen LogP contribution in [0, 0.1) is 6.92 Å². The van der Waals surface area contributed by atoms with Crippen LogP contribution in [0.2, 0.25) is 5.02 Å². The molecule has 0 aliphatic rings. The first-order valence-electron chi connectivity index (χ1n) is 7.30. The van der Waals surface area contributed by atoms with Crippen molar-refractivity contribution in [2.24, 2.45) is 0 Å². The highest BCUT2D eigenvalue weighted by molar-refractivity contribution is 6.33. The molecule has 0 heterocycles. The number of fused-ring (bicyclic) bond motifs is 1. The van der Waals surface area contributed by atoms with Gasteiger partial charge in [0.05, 0.1) is 10.7 Å². The zero-order valence-corrected chi connectivity index (χ0v) is 13.4. The molecule has 3 aromatic carbocycles. The summed E-state index contributed by atoms with van der Waals surface area (Å²) in [5, 5.41) is 5.34. The first kappa shape index (κ1) is 15.4. The van der Waals surface area contributed by atoms with Crippen LogP contribution in [0.4, 0.5) is 5.69 Å². The lowest BCUT2D eigenvalue weighted by Gasteiger charge is -2.11. The van der Waals surface area contributed by atoms with Crippen molar-refractivity contribution in [1.82, 2.24) is 0 Å². The predicted octanol–water partition coefficient (Wildman–Crippen LogP) is 4.82. The van der Waals surface area contributed by atoms with E-state index in [2.05, 4.69) is 5.32 Å². The van der Waals surface area contributed by atoms with Crippen LogP contribution in [0.25, 0.3) is 10.8 Å². The second-order valence-corrected chi connectivity index (χ2v) is 5.70. The zero-order chi connectivity index (χ0) is 16.2. The maximum absolute atomic E-state index is 12.1. The first-order chi connectivity index (χ1) is 11.1. The number of carbonyl (C=O) groups is 1. The molecule has 0 fully saturated rings. The van der Waals surface area contributed by atoms with Gasteiger partial charge in [-0.2, -0.15) is 0 Å². The van der Waals surface area contributed by atoms with Crippen LogP contribution in [0.3, 0.4) is 0 Å². The van der Waals surface area contributed by atoms with Crippen LogP contribution in [0.5, 0.6) is 5.75 Å². The van der Waals surface area contributed by atoms with E-state index in [0.717, 1.165) is 16.3 Å². The van der Waals surface area contributed by atoms with Crippen LogP contribution in [0.15, 0.2) is 60.7 Å². The number of nitrogens with one attached hydrogen (secondary N) is 1. The number of carbonyl (C=O) groups excluding carboxylic acids is 1. The van der Waals surface area contributed by atoms with Crippen molar-refractivity contribution in [2.75, 3.05) is 11.9 Å². The molecule has 3 aromatic rings. The summed E-state index contributed by atoms with van der Waals surface area (Å²) in [6.07, 6.45) is 0. The summed E-state index contributed by atoms with van der Waals surface area (Å²) in [6, 6.07) is 19.2. The summed E-state index contributed by atoms with van der Waals surface area (Å²) < 4.78 is 5.66. The highest BCUT2D eigenvalue weighted by atomic mass is 35.5. The number of aryl methyl sites for hydroxylation is 1. The molecule has 0 unspecified atom stereocenters. The number of halogens is 1. The van der Waals surface area contributed by atoms with Crippen LogP contribution in [-0.2, 0) is 4.79 Å². The molecule has 3 nitrogen and oxygen atoms in total. The van der Waals surface area contributed by atoms with Gasteiger partial charge in [-0.05, 0) is 36.1 Å². The molecule has 3 rings (SSSR count). The van der Waals surface area contributed by atoms with E-state index in [0.29, 0.717) is 16.5 Å². The van der Waals surface area contributed by atoms with Crippen LogP contribution < -0.4 is 10.1 Å². The Labute approximate surface area is 139 Å². The van der Waals surface area contributed by atoms with Crippen molar-refractivity contribution in [2.45, 2.75) is 6.92 Å². The topological polar surface area (TPSA) is 38.3 Å². The van der Waals surface area contributed by atoms with E-state index in [1.807, 2.05) is 61.5 Å². The van der Waals surface area contributed by atoms with E-state index in [1.165, 1.54) is 0 Å². The Bertz CT molecular complexity index is 856. The number of ether oxygens (including phenoxy) is 1. The Morgan fingerprint density at radius 2 is 1.87 bits per heavy atom. The molecule has 4 heteroatoms. The molecule has 0 aliphatic heterocycles. The standard InChI is InChI=1S/C19H16ClNO2/c1-13-9-10-17(16(20)11-13)21-19(22)12-23-18-8-4-6-14-5-2-3-7-15(14)18/h2-11H,12H2,1H3,(H,21,22). The lowest BCUT2D eigenvalue weighted by Crippen LogP contribution is -2.20. The fourth-order valence-corrected chi connectivity index (χ4v) is 2.65. The third-order valence-electron chi connectivity index (χ3n) is 3.51. The summed E-state index contributed by atoms with van der Waals surface area (Å²) >= 11 is 6.11. The highest BCUT2D eigenvalue weighted by Gasteiger charge is 2.08. The van der Waals surface area contributed by atoms with E-state index >= 15 is 0 Å². The van der Waals surface area contributed by atoms with E-state index < -0.39 is 0 Å². The average molecular weight is 326 g/mol. The van der Waals surface area contributed by atoms with Gasteiger partial charge < -0.3 is 10.1 Å². The number of amides is 1. The Hall–Kier alpha value is -2.52. The fourth-order valence-electron chi connectivity index (χ4n) is 2.37. The number of hydrogen-bond donors (Lipinski definition) is 1. The lowest BCUT2D eigenvalue weighted by atomic mass is 10.1. The quantitative estimate of drug-likeness (QED) is 0.747. The fraction of sp³-hybridized carbons (Fsp3) is 0.105. The number of anilines is 1. The normalized spacial score (nSPS) is 10.5. The van der Waals surface area contributed by atoms with E-state index in [4.69, 9.17) is 16.3 Å². The van der Waals surface area contributed by atoms with Gasteiger partial charge >= 0.3 is 0 Å². The second kappa shape index (κ2) is 6.71. The maximum atomic E-state index is 12.1. The Morgan fingerprint density at radius 3 is 2.70 bits per heavy atom. The number of hydrogen-bond acceptors (Lipinski definition) is 2. The molecule has 0 radical (unpaired) electrons. The SMILES string of the molecule is Cc1ccc(NC(=O)COc2cccc3ccccc23)c(Cl)c1. The molecule has 1 N–H and O–H groups in total. The van der Waals surface area contributed by atoms with Gasteiger partial charge in [0.2, 0.25) is 0 Å². The lowest BCUT2D eigenvalue weighted by molar-refractivity contribution is -0.118. The Morgan fingerprint density at radius 1 is 1.09 bits per heavy atom. The Kier molecular flexibility index (Phi) is 4.49. The Balaban J connectivity index is 1.69. The third-order valence-corrected chi connectivity index (χ3v) is 3.82. The highest BCUT2D eigenvalue weighted by Crippen LogP contribution is 2.25. The van der Waals surface area contributed by atoms with Gasteiger partial charge in [0.1, 0.15) is 5.75 Å². The van der Waals surface area contributed by atoms with Crippen molar-refractivity contribution in [1.29, 1.82) is 0 Å². The summed E-state index contributed by atoms with van der Waals surface area (Å²) in [4.78, 5) is 12.1. The van der Waals surface area contributed by atoms with E-state index in [1.54, 1.807) is 6.07 Å². The molecule has 0 bridgehead atoms. The molecule has 0 spiro atoms. The van der Waals surface area contributed by atoms with Crippen molar-refractivity contribution in [3.63, 3.8) is 0 Å². The summed E-state index contributed by atoms with van der Waals surface area (Å²) in [7, 11) is 0. The van der Waals surface area contributed by atoms with Gasteiger partial charge in [-0.3, -0.25) is 4.79 Å². The van der Waals surface area contributed by atoms with Crippen molar-refractivity contribution >= 4 is 34.0 Å². The summed E-state index contributed by atoms with van der Waals surface area (Å²) in [5.41, 5.74) is 1.63. The number of benzene rings is 3. The number of rotatable bonds is 4. The third kappa shape index (κ3) is 3.63. The van der Waals surface area contributed by atoms with Gasteiger partial charge in [-0.25, -0.2) is 0 Å². The molecular weight excluding hydrogens is 310 g/mol. The first-order valence-corrected chi connectivity index (χ1v) is 7.68. The summed E-state index contributed by atoms with van der Waals surface area (Å²) in [6.45, 7) is 1.87. The zero-order valence-electron chi connectivity index (χ0n) is 12.7. The van der Waals surface area contributed by atoms with Gasteiger partial charge in [-0.15, -0.1) is 0 Å². The van der Waals surface area contributed by atoms with E-state index in [9.17, 15) is 4.79 Å². The van der Waals surface area contributed by atoms with E-state index in [-0.39, 0.29) is 12.5 Å². The molecule has 23 heavy (non-hydrogen) atoms. The largest absolute Gasteiger partial charge is 0.483 e. The predicted molar refractivity (Wildman–Crippen MR) is 94.3 cm³/mol. The van der Waals surface area contributed by atoms with Gasteiger partial charge in [0, 0.05) is 5.39 Å². The minimum absolute atomic E-state index is 0.0712. The molecule has 0 saturated heterocycles. The van der Waals surface area contributed by atoms with Gasteiger partial charge in [0.15, 0.2) is 6.61 Å². The van der Waals surface area contributed by atoms with Crippen LogP contribution >= 0.6 is 11.6 Å². The monoisotopic (exact) mass is 325 g/mol. The minimum Gasteiger partial charge on any atom is -0.483 e. The molecular formula is C19H16ClNO2. The maximum Gasteiger partial charge on any atom is 0.262 e. The molecule has 0 aromatic heterocycles. The van der Waals surface area contributed by atoms with Gasteiger partial charge in [-0.1, -0.05) is 54.1 Å². The summed E-state index contributed by atoms with van der Waals surface area (Å²) in [5.74, 6) is 0.442. The van der Waals surface area contributed by atoms with Crippen molar-refractivity contribution in [3.05, 3.63) is 71.2 Å². The van der Waals surface area contributed by atoms with Gasteiger partial charge in [0.25, 0.3) is 5.91 Å². The van der Waals surface area contributed by atoms with Crippen molar-refractivity contribution < 1.29 is 9.53 Å². The average Bonchev–Trinajstić information content (AvgIpc) is 2.55. The smallest absolute Gasteiger partial charge is 0.262 e. The second-order valence-electron chi connectivity index (χ2n) is 5.30. The minimum atomic E-state index is -0.247. The molecule has 116 valence electrons. The van der Waals surface area contributed by atoms with Crippen molar-refractivity contribution in [3.8, 4) is 5.75 Å². The molecule has 0 aliphatic carbocycles.